The molecule has 0 aliphatic heterocycles. The molecule has 4 nitrogen and oxygen atoms in total. The third-order valence-corrected chi connectivity index (χ3v) is 6.09. The molecule has 4 heteroatoms. The lowest BCUT2D eigenvalue weighted by Crippen LogP contribution is -2.39. The average molecular weight is 310 g/mol. The highest BCUT2D eigenvalue weighted by molar-refractivity contribution is 5.82. The predicted molar refractivity (Wildman–Crippen MR) is 84.4 cm³/mol. The van der Waals surface area contributed by atoms with Gasteiger partial charge in [0.25, 0.3) is 0 Å². The second kappa shape index (κ2) is 7.01. The second-order valence-corrected chi connectivity index (χ2v) is 7.13. The number of ether oxygens (including phenoxy) is 1. The standard InChI is InChI=1S/C18H30O4/c1-4-12-11-13(5-2)15(14(12)16(19)20)17(21)22-18(6-3)9-7-8-10-18/h12-15H,4-11H2,1-3H3,(H,19,20). The third-order valence-electron chi connectivity index (χ3n) is 6.09. The molecule has 2 saturated carbocycles. The molecule has 22 heavy (non-hydrogen) atoms. The van der Waals surface area contributed by atoms with E-state index in [0.717, 1.165) is 51.4 Å². The molecule has 2 aliphatic rings. The van der Waals surface area contributed by atoms with E-state index in [2.05, 4.69) is 6.92 Å². The molecular formula is C18H30O4. The van der Waals surface area contributed by atoms with Gasteiger partial charge in [0.2, 0.25) is 0 Å². The van der Waals surface area contributed by atoms with Crippen molar-refractivity contribution in [3.8, 4) is 0 Å². The zero-order chi connectivity index (χ0) is 16.3. The Kier molecular flexibility index (Phi) is 5.51. The smallest absolute Gasteiger partial charge is 0.310 e. The van der Waals surface area contributed by atoms with Crippen molar-refractivity contribution in [2.45, 2.75) is 77.7 Å². The molecule has 0 spiro atoms. The van der Waals surface area contributed by atoms with Crippen LogP contribution in [0.3, 0.4) is 0 Å². The van der Waals surface area contributed by atoms with Crippen LogP contribution in [0.25, 0.3) is 0 Å². The Bertz CT molecular complexity index is 411. The monoisotopic (exact) mass is 310 g/mol. The number of aliphatic carboxylic acids is 1. The maximum absolute atomic E-state index is 12.8. The van der Waals surface area contributed by atoms with Crippen molar-refractivity contribution in [2.24, 2.45) is 23.7 Å². The fraction of sp³-hybridized carbons (Fsp3) is 0.889. The lowest BCUT2D eigenvalue weighted by molar-refractivity contribution is -0.172. The predicted octanol–water partition coefficient (Wildman–Crippen LogP) is 4.03. The minimum Gasteiger partial charge on any atom is -0.481 e. The highest BCUT2D eigenvalue weighted by Gasteiger charge is 2.51. The van der Waals surface area contributed by atoms with Gasteiger partial charge in [0, 0.05) is 0 Å². The maximum Gasteiger partial charge on any atom is 0.310 e. The number of rotatable bonds is 6. The van der Waals surface area contributed by atoms with Crippen molar-refractivity contribution in [2.75, 3.05) is 0 Å². The zero-order valence-corrected chi connectivity index (χ0v) is 14.1. The summed E-state index contributed by atoms with van der Waals surface area (Å²) in [6, 6.07) is 0. The lowest BCUT2D eigenvalue weighted by atomic mass is 9.85. The largest absolute Gasteiger partial charge is 0.481 e. The Hall–Kier alpha value is -1.06. The Morgan fingerprint density at radius 3 is 2.05 bits per heavy atom. The van der Waals surface area contributed by atoms with E-state index < -0.39 is 17.8 Å². The molecular weight excluding hydrogens is 280 g/mol. The number of hydrogen-bond acceptors (Lipinski definition) is 3. The van der Waals surface area contributed by atoms with Crippen molar-refractivity contribution in [3.05, 3.63) is 0 Å². The van der Waals surface area contributed by atoms with Gasteiger partial charge in [-0.2, -0.15) is 0 Å². The molecule has 2 fully saturated rings. The SMILES string of the molecule is CCC1CC(CC)C(C(=O)OC2(CC)CCCC2)C1C(=O)O. The molecule has 0 aromatic heterocycles. The number of carboxylic acids is 1. The van der Waals surface area contributed by atoms with Gasteiger partial charge in [-0.05, 0) is 50.4 Å². The first-order valence-electron chi connectivity index (χ1n) is 8.93. The van der Waals surface area contributed by atoms with Crippen LogP contribution in [0.15, 0.2) is 0 Å². The summed E-state index contributed by atoms with van der Waals surface area (Å²) in [6.45, 7) is 6.13. The lowest BCUT2D eigenvalue weighted by Gasteiger charge is -2.31. The van der Waals surface area contributed by atoms with Crippen LogP contribution in [0, 0.1) is 23.7 Å². The van der Waals surface area contributed by atoms with Crippen LogP contribution in [-0.4, -0.2) is 22.6 Å². The molecule has 0 radical (unpaired) electrons. The number of hydrogen-bond donors (Lipinski definition) is 1. The van der Waals surface area contributed by atoms with E-state index in [1.807, 2.05) is 13.8 Å². The van der Waals surface area contributed by atoms with Crippen LogP contribution < -0.4 is 0 Å². The molecule has 0 bridgehead atoms. The molecule has 0 saturated heterocycles. The summed E-state index contributed by atoms with van der Waals surface area (Å²) in [5.74, 6) is -1.87. The van der Waals surface area contributed by atoms with Crippen molar-refractivity contribution in [1.82, 2.24) is 0 Å². The summed E-state index contributed by atoms with van der Waals surface area (Å²) in [5.41, 5.74) is -0.331. The molecule has 0 aromatic rings. The van der Waals surface area contributed by atoms with Gasteiger partial charge < -0.3 is 9.84 Å². The van der Waals surface area contributed by atoms with E-state index in [-0.39, 0.29) is 23.4 Å². The van der Waals surface area contributed by atoms with Crippen LogP contribution in [0.1, 0.15) is 72.1 Å². The van der Waals surface area contributed by atoms with Crippen LogP contribution >= 0.6 is 0 Å². The van der Waals surface area contributed by atoms with Crippen molar-refractivity contribution >= 4 is 11.9 Å². The Balaban J connectivity index is 2.18. The van der Waals surface area contributed by atoms with Crippen LogP contribution in [0.2, 0.25) is 0 Å². The molecule has 0 aromatic carbocycles. The molecule has 1 N–H and O–H groups in total. The number of carboxylic acid groups (broad SMARTS) is 1. The quantitative estimate of drug-likeness (QED) is 0.752. The molecule has 0 heterocycles. The number of carbonyl (C=O) groups excluding carboxylic acids is 1. The molecule has 0 amide bonds. The van der Waals surface area contributed by atoms with Gasteiger partial charge >= 0.3 is 11.9 Å². The summed E-state index contributed by atoms with van der Waals surface area (Å²) in [6.07, 6.45) is 7.38. The minimum atomic E-state index is -0.832. The van der Waals surface area contributed by atoms with Crippen LogP contribution in [0.4, 0.5) is 0 Å². The van der Waals surface area contributed by atoms with Gasteiger partial charge in [-0.1, -0.05) is 33.6 Å². The van der Waals surface area contributed by atoms with Crippen LogP contribution in [-0.2, 0) is 14.3 Å². The van der Waals surface area contributed by atoms with Crippen molar-refractivity contribution in [3.63, 3.8) is 0 Å². The summed E-state index contributed by atoms with van der Waals surface area (Å²) >= 11 is 0. The maximum atomic E-state index is 12.8. The minimum absolute atomic E-state index is 0.0983. The molecule has 126 valence electrons. The Morgan fingerprint density at radius 2 is 1.59 bits per heavy atom. The normalized spacial score (nSPS) is 33.8. The summed E-state index contributed by atoms with van der Waals surface area (Å²) < 4.78 is 5.94. The Morgan fingerprint density at radius 1 is 1.05 bits per heavy atom. The van der Waals surface area contributed by atoms with Crippen molar-refractivity contribution in [1.29, 1.82) is 0 Å². The van der Waals surface area contributed by atoms with Gasteiger partial charge in [-0.3, -0.25) is 9.59 Å². The first kappa shape index (κ1) is 17.3. The summed E-state index contributed by atoms with van der Waals surface area (Å²) in [5, 5.41) is 9.62. The van der Waals surface area contributed by atoms with Gasteiger partial charge in [0.1, 0.15) is 5.60 Å². The van der Waals surface area contributed by atoms with E-state index >= 15 is 0 Å². The zero-order valence-electron chi connectivity index (χ0n) is 14.1. The molecule has 2 rings (SSSR count). The van der Waals surface area contributed by atoms with E-state index in [9.17, 15) is 14.7 Å². The van der Waals surface area contributed by atoms with E-state index in [1.54, 1.807) is 0 Å². The topological polar surface area (TPSA) is 63.6 Å². The van der Waals surface area contributed by atoms with E-state index in [4.69, 9.17) is 4.74 Å². The Labute approximate surface area is 133 Å². The summed E-state index contributed by atoms with van der Waals surface area (Å²) in [7, 11) is 0. The average Bonchev–Trinajstić information content (AvgIpc) is 3.11. The first-order valence-corrected chi connectivity index (χ1v) is 8.93. The van der Waals surface area contributed by atoms with Gasteiger partial charge in [-0.25, -0.2) is 0 Å². The molecule has 4 unspecified atom stereocenters. The fourth-order valence-electron chi connectivity index (χ4n) is 4.63. The number of carbonyl (C=O) groups is 2. The highest BCUT2D eigenvalue weighted by Crippen LogP contribution is 2.47. The van der Waals surface area contributed by atoms with Gasteiger partial charge in [0.05, 0.1) is 11.8 Å². The highest BCUT2D eigenvalue weighted by atomic mass is 16.6. The van der Waals surface area contributed by atoms with E-state index in [1.165, 1.54) is 0 Å². The van der Waals surface area contributed by atoms with Gasteiger partial charge in [-0.15, -0.1) is 0 Å². The number of esters is 1. The third kappa shape index (κ3) is 3.16. The second-order valence-electron chi connectivity index (χ2n) is 7.13. The van der Waals surface area contributed by atoms with Gasteiger partial charge in [0.15, 0.2) is 0 Å². The summed E-state index contributed by atoms with van der Waals surface area (Å²) in [4.78, 5) is 24.6. The fourth-order valence-corrected chi connectivity index (χ4v) is 4.63. The van der Waals surface area contributed by atoms with E-state index in [0.29, 0.717) is 0 Å². The first-order chi connectivity index (χ1) is 10.5. The molecule has 2 aliphatic carbocycles. The van der Waals surface area contributed by atoms with Crippen molar-refractivity contribution < 1.29 is 19.4 Å². The molecule has 4 atom stereocenters. The van der Waals surface area contributed by atoms with Crippen LogP contribution in [0.5, 0.6) is 0 Å².